The molecule has 7 bridgehead atoms. The van der Waals surface area contributed by atoms with Gasteiger partial charge in [-0.2, -0.15) is 0 Å². The number of esters is 1. The van der Waals surface area contributed by atoms with Gasteiger partial charge in [-0.3, -0.25) is 4.79 Å². The van der Waals surface area contributed by atoms with Gasteiger partial charge in [-0.05, 0) is 25.2 Å². The highest BCUT2D eigenvalue weighted by Gasteiger charge is 2.94. The van der Waals surface area contributed by atoms with Crippen LogP contribution < -0.4 is 0 Å². The highest BCUT2D eigenvalue weighted by molar-refractivity contribution is 5.69. The van der Waals surface area contributed by atoms with E-state index in [1.165, 1.54) is 14.0 Å². The number of carbonyl (C=O) groups is 1. The molecule has 0 radical (unpaired) electrons. The summed E-state index contributed by atoms with van der Waals surface area (Å²) in [5.74, 6) is -1.39. The van der Waals surface area contributed by atoms with Gasteiger partial charge in [0.05, 0.1) is 29.1 Å². The molecule has 1 aliphatic heterocycles. The van der Waals surface area contributed by atoms with E-state index >= 15 is 0 Å². The Morgan fingerprint density at radius 2 is 1.89 bits per heavy atom. The zero-order chi connectivity index (χ0) is 25.1. The number of hydrogen-bond acceptors (Lipinski definition) is 9. The van der Waals surface area contributed by atoms with E-state index in [0.29, 0.717) is 19.3 Å². The number of hydroxylamine groups is 1. The van der Waals surface area contributed by atoms with Gasteiger partial charge in [-0.1, -0.05) is 0 Å². The Morgan fingerprint density at radius 1 is 1.14 bits per heavy atom. The van der Waals surface area contributed by atoms with E-state index in [-0.39, 0.29) is 43.2 Å². The largest absolute Gasteiger partial charge is 0.624 e. The Morgan fingerprint density at radius 3 is 2.49 bits per heavy atom. The van der Waals surface area contributed by atoms with Gasteiger partial charge in [-0.25, -0.2) is 4.74 Å². The van der Waals surface area contributed by atoms with Crippen LogP contribution in [0.5, 0.6) is 0 Å². The molecule has 6 aliphatic rings. The number of fused-ring (bicyclic) bond motifs is 2. The molecule has 0 amide bonds. The molecule has 5 aliphatic carbocycles. The van der Waals surface area contributed by atoms with Crippen LogP contribution in [-0.2, 0) is 28.5 Å². The molecule has 10 nitrogen and oxygen atoms in total. The predicted octanol–water partition coefficient (Wildman–Crippen LogP) is 0.101. The zero-order valence-corrected chi connectivity index (χ0v) is 21.0. The Kier molecular flexibility index (Phi) is 5.08. The van der Waals surface area contributed by atoms with Crippen LogP contribution in [0.3, 0.4) is 0 Å². The topological polar surface area (TPSA) is 130 Å². The second-order valence-corrected chi connectivity index (χ2v) is 11.8. The maximum Gasteiger partial charge on any atom is 0.302 e. The summed E-state index contributed by atoms with van der Waals surface area (Å²) < 4.78 is 30.5. The van der Waals surface area contributed by atoms with Crippen LogP contribution in [0.1, 0.15) is 32.6 Å². The van der Waals surface area contributed by atoms with Gasteiger partial charge < -0.3 is 39.1 Å². The van der Waals surface area contributed by atoms with Crippen molar-refractivity contribution in [3.8, 4) is 0 Å². The van der Waals surface area contributed by atoms with Gasteiger partial charge in [0, 0.05) is 59.5 Å². The first-order chi connectivity index (χ1) is 16.6. The fourth-order valence-electron chi connectivity index (χ4n) is 10.5. The molecule has 13 atom stereocenters. The Hall–Kier alpha value is -1.30. The molecule has 1 spiro atoms. The van der Waals surface area contributed by atoms with Crippen molar-refractivity contribution in [2.75, 3.05) is 35.0 Å². The van der Waals surface area contributed by atoms with Crippen LogP contribution >= 0.6 is 0 Å². The standard InChI is InChI=1S/C25H37NO9/c1-12(27)35-11-22-7-6-16(32-3)24-14-8-13-15(31-2)9-23(28,17(14)18(13)33-4)25(29,20(34-5)19(22)24)21(24)26(30)10-22/h10,13-21,28-29H,6-9,11H2,1-5H3/t13-,14-,15+,16+,17-,18+,19-,20+,21?,22+,23-,24+,25-/m1/s1. The van der Waals surface area contributed by atoms with E-state index in [1.54, 1.807) is 27.5 Å². The molecular weight excluding hydrogens is 458 g/mol. The summed E-state index contributed by atoms with van der Waals surface area (Å²) in [6, 6.07) is -0.973. The molecule has 2 N–H and O–H groups in total. The van der Waals surface area contributed by atoms with Crippen molar-refractivity contribution in [1.29, 1.82) is 0 Å². The number of rotatable bonds is 6. The van der Waals surface area contributed by atoms with Crippen molar-refractivity contribution in [2.45, 2.75) is 74.3 Å². The first-order valence-corrected chi connectivity index (χ1v) is 12.6. The van der Waals surface area contributed by atoms with Gasteiger partial charge in [0.1, 0.15) is 18.3 Å². The van der Waals surface area contributed by atoms with Crippen molar-refractivity contribution >= 4 is 12.2 Å². The fourth-order valence-corrected chi connectivity index (χ4v) is 10.5. The van der Waals surface area contributed by atoms with Gasteiger partial charge >= 0.3 is 5.97 Å². The van der Waals surface area contributed by atoms with Crippen LogP contribution in [0.25, 0.3) is 0 Å². The minimum absolute atomic E-state index is 0.0141. The predicted molar refractivity (Wildman–Crippen MR) is 120 cm³/mol. The summed E-state index contributed by atoms with van der Waals surface area (Å²) in [4.78, 5) is 11.9. The summed E-state index contributed by atoms with van der Waals surface area (Å²) in [6.07, 6.45) is 1.75. The van der Waals surface area contributed by atoms with Crippen molar-refractivity contribution in [2.24, 2.45) is 34.5 Å². The lowest BCUT2D eigenvalue weighted by atomic mass is 9.44. The van der Waals surface area contributed by atoms with Crippen LogP contribution in [0.4, 0.5) is 0 Å². The molecule has 0 saturated heterocycles. The third-order valence-corrected chi connectivity index (χ3v) is 11.1. The Bertz CT molecular complexity index is 959. The number of hydrogen-bond donors (Lipinski definition) is 2. The highest BCUT2D eigenvalue weighted by atomic mass is 16.5. The van der Waals surface area contributed by atoms with E-state index in [1.807, 2.05) is 0 Å². The molecule has 6 rings (SSSR count). The van der Waals surface area contributed by atoms with Gasteiger partial charge in [0.25, 0.3) is 0 Å². The number of nitrogens with zero attached hydrogens (tertiary/aromatic N) is 1. The van der Waals surface area contributed by atoms with E-state index in [0.717, 1.165) is 4.74 Å². The lowest BCUT2D eigenvalue weighted by Crippen LogP contribution is -2.80. The molecule has 1 heterocycles. The first kappa shape index (κ1) is 24.1. The van der Waals surface area contributed by atoms with E-state index in [4.69, 9.17) is 23.7 Å². The maximum absolute atomic E-state index is 14.0. The second-order valence-electron chi connectivity index (χ2n) is 11.8. The van der Waals surface area contributed by atoms with Crippen LogP contribution in [0.2, 0.25) is 0 Å². The number of ether oxygens (including phenoxy) is 5. The van der Waals surface area contributed by atoms with E-state index < -0.39 is 52.0 Å². The van der Waals surface area contributed by atoms with Gasteiger partial charge in [0.15, 0.2) is 11.8 Å². The number of aliphatic hydroxyl groups is 2. The average molecular weight is 496 g/mol. The summed E-state index contributed by atoms with van der Waals surface area (Å²) in [5.41, 5.74) is -5.26. The maximum atomic E-state index is 14.0. The molecule has 196 valence electrons. The minimum Gasteiger partial charge on any atom is -0.624 e. The SMILES string of the molecule is CO[C@H]1[C@@H]2C[C@@H]3[C@H]1[C@](O)(C[C@@H]2OC)[C@]1(O)C2[N+]([O-])=C[C@]4(COC(C)=O)CC[C@H](OC)[C@@]23[C@@H]4[C@@H]1OC. The van der Waals surface area contributed by atoms with Crippen molar-refractivity contribution < 1.29 is 43.4 Å². The molecule has 0 aromatic carbocycles. The zero-order valence-electron chi connectivity index (χ0n) is 21.0. The average Bonchev–Trinajstić information content (AvgIpc) is 3.25. The van der Waals surface area contributed by atoms with E-state index in [9.17, 15) is 20.2 Å². The van der Waals surface area contributed by atoms with Gasteiger partial charge in [0.2, 0.25) is 6.04 Å². The van der Waals surface area contributed by atoms with Crippen molar-refractivity contribution in [3.05, 3.63) is 5.21 Å². The fraction of sp³-hybridized carbons (Fsp3) is 0.920. The smallest absolute Gasteiger partial charge is 0.302 e. The van der Waals surface area contributed by atoms with Crippen LogP contribution in [0, 0.1) is 39.7 Å². The molecule has 0 aromatic heterocycles. The molecule has 5 saturated carbocycles. The summed E-state index contributed by atoms with van der Waals surface area (Å²) in [5, 5.41) is 39.4. The number of methoxy groups -OCH3 is 4. The summed E-state index contributed by atoms with van der Waals surface area (Å²) in [7, 11) is 6.43. The normalized spacial score (nSPS) is 57.1. The molecule has 5 fully saturated rings. The third-order valence-electron chi connectivity index (χ3n) is 11.1. The first-order valence-electron chi connectivity index (χ1n) is 12.6. The Labute approximate surface area is 205 Å². The van der Waals surface area contributed by atoms with Crippen LogP contribution in [-0.4, -0.2) is 104 Å². The molecular formula is C25H37NO9. The van der Waals surface area contributed by atoms with Crippen LogP contribution in [0.15, 0.2) is 0 Å². The quantitative estimate of drug-likeness (QED) is 0.299. The molecule has 10 heteroatoms. The Balaban J connectivity index is 1.65. The molecule has 1 unspecified atom stereocenters. The number of carbonyl (C=O) groups excluding carboxylic acids is 1. The lowest BCUT2D eigenvalue weighted by Gasteiger charge is -2.64. The summed E-state index contributed by atoms with van der Waals surface area (Å²) in [6.45, 7) is 1.37. The molecule has 0 aromatic rings. The summed E-state index contributed by atoms with van der Waals surface area (Å²) >= 11 is 0. The van der Waals surface area contributed by atoms with E-state index in [2.05, 4.69) is 0 Å². The minimum atomic E-state index is -1.91. The molecule has 35 heavy (non-hydrogen) atoms. The second kappa shape index (κ2) is 7.39. The van der Waals surface area contributed by atoms with Crippen molar-refractivity contribution in [3.63, 3.8) is 0 Å². The highest BCUT2D eigenvalue weighted by Crippen LogP contribution is 2.79. The monoisotopic (exact) mass is 495 g/mol. The van der Waals surface area contributed by atoms with Gasteiger partial charge in [-0.15, -0.1) is 0 Å². The third kappa shape index (κ3) is 2.38. The van der Waals surface area contributed by atoms with Crippen molar-refractivity contribution in [1.82, 2.24) is 0 Å². The lowest BCUT2D eigenvalue weighted by molar-refractivity contribution is -0.576.